The number of nitrogens with zero attached hydrogens (tertiary/aromatic N) is 1. The molecule has 1 N–H and O–H groups in total. The van der Waals surface area contributed by atoms with Gasteiger partial charge in [0.25, 0.3) is 5.91 Å². The number of rotatable bonds is 6. The number of amides is 1. The Bertz CT molecular complexity index is 1140. The Morgan fingerprint density at radius 1 is 1.00 bits per heavy atom. The summed E-state index contributed by atoms with van der Waals surface area (Å²) in [5.41, 5.74) is 3.62. The second kappa shape index (κ2) is 8.45. The van der Waals surface area contributed by atoms with Gasteiger partial charge < -0.3 is 9.50 Å². The first-order valence-electron chi connectivity index (χ1n) is 9.07. The number of aryl methyl sites for hydroxylation is 3. The van der Waals surface area contributed by atoms with Crippen LogP contribution in [0.1, 0.15) is 32.7 Å². The van der Waals surface area contributed by atoms with E-state index in [4.69, 9.17) is 4.18 Å². The molecule has 0 aliphatic heterocycles. The third-order valence-electron chi connectivity index (χ3n) is 4.47. The van der Waals surface area contributed by atoms with E-state index in [1.807, 2.05) is 32.0 Å². The maximum absolute atomic E-state index is 12.6. The molecular formula is C22H22N2O4S. The highest BCUT2D eigenvalue weighted by Gasteiger charge is 2.19. The van der Waals surface area contributed by atoms with Crippen molar-refractivity contribution < 1.29 is 17.4 Å². The summed E-state index contributed by atoms with van der Waals surface area (Å²) in [6.07, 6.45) is 1.68. The molecule has 3 aromatic rings. The van der Waals surface area contributed by atoms with Crippen LogP contribution in [-0.2, 0) is 16.7 Å². The zero-order valence-electron chi connectivity index (χ0n) is 16.5. The number of nitrogens with one attached hydrogen (secondary N) is 1. The minimum absolute atomic E-state index is 0.130. The van der Waals surface area contributed by atoms with Gasteiger partial charge in [0.2, 0.25) is 0 Å². The molecule has 0 saturated heterocycles. The highest BCUT2D eigenvalue weighted by atomic mass is 32.2. The third kappa shape index (κ3) is 5.00. The Labute approximate surface area is 170 Å². The van der Waals surface area contributed by atoms with Gasteiger partial charge in [0.05, 0.1) is 12.2 Å². The average Bonchev–Trinajstić information content (AvgIpc) is 2.69. The van der Waals surface area contributed by atoms with Crippen molar-refractivity contribution in [2.45, 2.75) is 32.2 Å². The number of hydrogen-bond donors (Lipinski definition) is 1. The lowest BCUT2D eigenvalue weighted by Gasteiger charge is -2.11. The van der Waals surface area contributed by atoms with Crippen molar-refractivity contribution in [1.82, 2.24) is 10.3 Å². The molecule has 2 aromatic carbocycles. The molecule has 6 nitrogen and oxygen atoms in total. The fourth-order valence-corrected chi connectivity index (χ4v) is 4.03. The van der Waals surface area contributed by atoms with Crippen molar-refractivity contribution in [3.63, 3.8) is 0 Å². The molecule has 150 valence electrons. The standard InChI is InChI=1S/C22H22N2O4S/c1-15-6-7-17(3)21(13-15)29(26,27)28-19-10-8-18(9-11-19)22(25)24-14-20-16(2)5-4-12-23-20/h4-13H,14H2,1-3H3,(H,24,25). The second-order valence-corrected chi connectivity index (χ2v) is 8.30. The maximum atomic E-state index is 12.6. The van der Waals surface area contributed by atoms with Crippen molar-refractivity contribution in [1.29, 1.82) is 0 Å². The van der Waals surface area contributed by atoms with Crippen LogP contribution in [0.4, 0.5) is 0 Å². The molecule has 0 atom stereocenters. The predicted octanol–water partition coefficient (Wildman–Crippen LogP) is 3.70. The molecule has 0 fully saturated rings. The fourth-order valence-electron chi connectivity index (χ4n) is 2.78. The van der Waals surface area contributed by atoms with Crippen LogP contribution in [0.5, 0.6) is 5.75 Å². The largest absolute Gasteiger partial charge is 0.379 e. The second-order valence-electron chi connectivity index (χ2n) is 6.78. The summed E-state index contributed by atoms with van der Waals surface area (Å²) in [5.74, 6) is -0.137. The molecule has 0 aliphatic rings. The zero-order chi connectivity index (χ0) is 21.0. The van der Waals surface area contributed by atoms with Gasteiger partial charge >= 0.3 is 10.1 Å². The van der Waals surface area contributed by atoms with E-state index in [1.165, 1.54) is 24.3 Å². The van der Waals surface area contributed by atoms with Crippen LogP contribution in [0, 0.1) is 20.8 Å². The number of hydrogen-bond acceptors (Lipinski definition) is 5. The van der Waals surface area contributed by atoms with Gasteiger partial charge in [-0.15, -0.1) is 0 Å². The van der Waals surface area contributed by atoms with E-state index in [1.54, 1.807) is 25.3 Å². The molecule has 29 heavy (non-hydrogen) atoms. The Morgan fingerprint density at radius 3 is 2.41 bits per heavy atom. The van der Waals surface area contributed by atoms with E-state index >= 15 is 0 Å². The molecular weight excluding hydrogens is 388 g/mol. The average molecular weight is 410 g/mol. The lowest BCUT2D eigenvalue weighted by atomic mass is 10.2. The van der Waals surface area contributed by atoms with E-state index in [0.29, 0.717) is 17.7 Å². The lowest BCUT2D eigenvalue weighted by Crippen LogP contribution is -2.23. The van der Waals surface area contributed by atoms with Crippen LogP contribution < -0.4 is 9.50 Å². The van der Waals surface area contributed by atoms with Crippen LogP contribution >= 0.6 is 0 Å². The number of carbonyl (C=O) groups is 1. The van der Waals surface area contributed by atoms with Crippen molar-refractivity contribution in [2.75, 3.05) is 0 Å². The quantitative estimate of drug-likeness (QED) is 0.626. The highest BCUT2D eigenvalue weighted by molar-refractivity contribution is 7.87. The summed E-state index contributed by atoms with van der Waals surface area (Å²) >= 11 is 0. The van der Waals surface area contributed by atoms with E-state index in [2.05, 4.69) is 10.3 Å². The Balaban J connectivity index is 1.69. The van der Waals surface area contributed by atoms with Crippen molar-refractivity contribution in [3.05, 3.63) is 88.7 Å². The first-order valence-corrected chi connectivity index (χ1v) is 10.5. The van der Waals surface area contributed by atoms with E-state index < -0.39 is 10.1 Å². The monoisotopic (exact) mass is 410 g/mol. The Hall–Kier alpha value is -3.19. The molecule has 0 unspecified atom stereocenters. The SMILES string of the molecule is Cc1ccc(C)c(S(=O)(=O)Oc2ccc(C(=O)NCc3ncccc3C)cc2)c1. The molecule has 3 rings (SSSR count). The van der Waals surface area contributed by atoms with Gasteiger partial charge in [0, 0.05) is 11.8 Å². The summed E-state index contributed by atoms with van der Waals surface area (Å²) in [5, 5.41) is 2.80. The van der Waals surface area contributed by atoms with Crippen molar-refractivity contribution in [3.8, 4) is 5.75 Å². The van der Waals surface area contributed by atoms with Gasteiger partial charge in [-0.3, -0.25) is 9.78 Å². The van der Waals surface area contributed by atoms with Gasteiger partial charge in [-0.25, -0.2) is 0 Å². The maximum Gasteiger partial charge on any atom is 0.339 e. The molecule has 7 heteroatoms. The minimum atomic E-state index is -3.96. The summed E-state index contributed by atoms with van der Waals surface area (Å²) in [6, 6.07) is 14.9. The molecule has 0 aliphatic carbocycles. The van der Waals surface area contributed by atoms with Crippen LogP contribution in [-0.4, -0.2) is 19.3 Å². The Kier molecular flexibility index (Phi) is 5.98. The topological polar surface area (TPSA) is 85.4 Å². The van der Waals surface area contributed by atoms with Crippen molar-refractivity contribution in [2.24, 2.45) is 0 Å². The molecule has 1 aromatic heterocycles. The molecule has 0 radical (unpaired) electrons. The zero-order valence-corrected chi connectivity index (χ0v) is 17.3. The summed E-state index contributed by atoms with van der Waals surface area (Å²) < 4.78 is 30.4. The van der Waals surface area contributed by atoms with Crippen LogP contribution in [0.2, 0.25) is 0 Å². The molecule has 0 saturated carbocycles. The first-order chi connectivity index (χ1) is 13.8. The first kappa shape index (κ1) is 20.5. The third-order valence-corrected chi connectivity index (χ3v) is 5.86. The summed E-state index contributed by atoms with van der Waals surface area (Å²) in [6.45, 7) is 5.77. The summed E-state index contributed by atoms with van der Waals surface area (Å²) in [7, 11) is -3.96. The van der Waals surface area contributed by atoms with Crippen molar-refractivity contribution >= 4 is 16.0 Å². The van der Waals surface area contributed by atoms with Crippen LogP contribution in [0.25, 0.3) is 0 Å². The molecule has 0 spiro atoms. The van der Waals surface area contributed by atoms with Gasteiger partial charge in [-0.05, 0) is 73.9 Å². The van der Waals surface area contributed by atoms with Gasteiger partial charge in [0.15, 0.2) is 0 Å². The molecule has 0 bridgehead atoms. The van der Waals surface area contributed by atoms with Crippen LogP contribution in [0.15, 0.2) is 65.7 Å². The van der Waals surface area contributed by atoms with E-state index in [0.717, 1.165) is 16.8 Å². The minimum Gasteiger partial charge on any atom is -0.379 e. The van der Waals surface area contributed by atoms with Gasteiger partial charge in [-0.1, -0.05) is 18.2 Å². The highest BCUT2D eigenvalue weighted by Crippen LogP contribution is 2.22. The Morgan fingerprint density at radius 2 is 1.72 bits per heavy atom. The lowest BCUT2D eigenvalue weighted by molar-refractivity contribution is 0.0950. The number of benzene rings is 2. The molecule has 1 amide bonds. The van der Waals surface area contributed by atoms with E-state index in [-0.39, 0.29) is 16.6 Å². The van der Waals surface area contributed by atoms with E-state index in [9.17, 15) is 13.2 Å². The normalized spacial score (nSPS) is 11.1. The number of aromatic nitrogens is 1. The van der Waals surface area contributed by atoms with Crippen LogP contribution in [0.3, 0.4) is 0 Å². The smallest absolute Gasteiger partial charge is 0.339 e. The number of pyridine rings is 1. The number of carbonyl (C=O) groups excluding carboxylic acids is 1. The van der Waals surface area contributed by atoms with Gasteiger partial charge in [-0.2, -0.15) is 8.42 Å². The fraction of sp³-hybridized carbons (Fsp3) is 0.182. The molecule has 1 heterocycles. The summed E-state index contributed by atoms with van der Waals surface area (Å²) in [4.78, 5) is 16.7. The predicted molar refractivity (Wildman–Crippen MR) is 110 cm³/mol. The van der Waals surface area contributed by atoms with Gasteiger partial charge in [0.1, 0.15) is 10.6 Å².